The smallest absolute Gasteiger partial charge is 0.321 e. The van der Waals surface area contributed by atoms with Crippen LogP contribution in [0.3, 0.4) is 0 Å². The predicted molar refractivity (Wildman–Crippen MR) is 99.3 cm³/mol. The highest BCUT2D eigenvalue weighted by Crippen LogP contribution is 2.26. The highest BCUT2D eigenvalue weighted by molar-refractivity contribution is 6.35. The molecule has 2 aromatic carbocycles. The zero-order chi connectivity index (χ0) is 17.7. The number of hydrogen-bond donors (Lipinski definition) is 1. The van der Waals surface area contributed by atoms with Gasteiger partial charge in [0.05, 0.1) is 0 Å². The maximum Gasteiger partial charge on any atom is 0.321 e. The van der Waals surface area contributed by atoms with Gasteiger partial charge in [0.15, 0.2) is 0 Å². The highest BCUT2D eigenvalue weighted by Gasteiger charge is 2.12. The molecule has 2 amide bonds. The number of benzene rings is 2. The summed E-state index contributed by atoms with van der Waals surface area (Å²) in [6.45, 7) is 4.12. The molecule has 0 atom stereocenters. The SMILES string of the molecule is CC(C)NC(=O)N(C)c1ccc(OCc2c(Cl)cccc2Cl)cc1. The van der Waals surface area contributed by atoms with Crippen LogP contribution in [-0.2, 0) is 6.61 Å². The summed E-state index contributed by atoms with van der Waals surface area (Å²) in [4.78, 5) is 13.5. The summed E-state index contributed by atoms with van der Waals surface area (Å²) >= 11 is 12.2. The van der Waals surface area contributed by atoms with Crippen LogP contribution in [0.2, 0.25) is 10.0 Å². The van der Waals surface area contributed by atoms with Crippen LogP contribution in [0.25, 0.3) is 0 Å². The molecule has 0 aliphatic heterocycles. The number of carbonyl (C=O) groups is 1. The monoisotopic (exact) mass is 366 g/mol. The number of carbonyl (C=O) groups excluding carboxylic acids is 1. The van der Waals surface area contributed by atoms with E-state index in [0.29, 0.717) is 15.8 Å². The Bertz CT molecular complexity index is 682. The molecule has 0 unspecified atom stereocenters. The number of anilines is 1. The van der Waals surface area contributed by atoms with E-state index in [1.807, 2.05) is 26.0 Å². The fraction of sp³-hybridized carbons (Fsp3) is 0.278. The first-order chi connectivity index (χ1) is 11.4. The zero-order valence-electron chi connectivity index (χ0n) is 13.8. The molecule has 1 N–H and O–H groups in total. The molecule has 0 heterocycles. The number of urea groups is 1. The van der Waals surface area contributed by atoms with Crippen LogP contribution in [0, 0.1) is 0 Å². The topological polar surface area (TPSA) is 41.6 Å². The maximum atomic E-state index is 12.0. The average molecular weight is 367 g/mol. The summed E-state index contributed by atoms with van der Waals surface area (Å²) in [6.07, 6.45) is 0. The normalized spacial score (nSPS) is 10.6. The van der Waals surface area contributed by atoms with Crippen LogP contribution in [-0.4, -0.2) is 19.1 Å². The van der Waals surface area contributed by atoms with Crippen LogP contribution in [0.15, 0.2) is 42.5 Å². The van der Waals surface area contributed by atoms with Gasteiger partial charge in [-0.15, -0.1) is 0 Å². The first-order valence-corrected chi connectivity index (χ1v) is 8.34. The Morgan fingerprint density at radius 3 is 2.25 bits per heavy atom. The summed E-state index contributed by atoms with van der Waals surface area (Å²) in [7, 11) is 1.72. The number of halogens is 2. The summed E-state index contributed by atoms with van der Waals surface area (Å²) in [6, 6.07) is 12.5. The molecule has 0 aliphatic rings. The fourth-order valence-corrected chi connectivity index (χ4v) is 2.56. The van der Waals surface area contributed by atoms with E-state index in [2.05, 4.69) is 5.32 Å². The molecule has 0 saturated carbocycles. The molecule has 6 heteroatoms. The van der Waals surface area contributed by atoms with Gasteiger partial charge in [-0.05, 0) is 50.2 Å². The van der Waals surface area contributed by atoms with Gasteiger partial charge in [-0.1, -0.05) is 29.3 Å². The minimum absolute atomic E-state index is 0.0860. The molecule has 4 nitrogen and oxygen atoms in total. The summed E-state index contributed by atoms with van der Waals surface area (Å²) in [5, 5.41) is 3.99. The first-order valence-electron chi connectivity index (χ1n) is 7.58. The molecule has 128 valence electrons. The van der Waals surface area contributed by atoms with Gasteiger partial charge in [-0.3, -0.25) is 4.90 Å². The summed E-state index contributed by atoms with van der Waals surface area (Å²) in [5.41, 5.74) is 1.52. The van der Waals surface area contributed by atoms with E-state index in [9.17, 15) is 4.79 Å². The summed E-state index contributed by atoms with van der Waals surface area (Å²) < 4.78 is 5.73. The third kappa shape index (κ3) is 4.79. The van der Waals surface area contributed by atoms with E-state index >= 15 is 0 Å². The Labute approximate surface area is 152 Å². The van der Waals surface area contributed by atoms with E-state index in [1.54, 1.807) is 42.3 Å². The van der Waals surface area contributed by atoms with E-state index in [-0.39, 0.29) is 18.7 Å². The van der Waals surface area contributed by atoms with Crippen LogP contribution >= 0.6 is 23.2 Å². The molecule has 2 aromatic rings. The minimum atomic E-state index is -0.151. The van der Waals surface area contributed by atoms with Crippen molar-refractivity contribution in [3.8, 4) is 5.75 Å². The standard InChI is InChI=1S/C18H20Cl2N2O2/c1-12(2)21-18(23)22(3)13-7-9-14(10-8-13)24-11-15-16(19)5-4-6-17(15)20/h4-10,12H,11H2,1-3H3,(H,21,23). The molecule has 24 heavy (non-hydrogen) atoms. The van der Waals surface area contributed by atoms with E-state index in [1.165, 1.54) is 0 Å². The van der Waals surface area contributed by atoms with Gasteiger partial charge in [-0.25, -0.2) is 4.79 Å². The second-order valence-corrected chi connectivity index (χ2v) is 6.46. The fourth-order valence-electron chi connectivity index (χ4n) is 2.05. The third-order valence-electron chi connectivity index (χ3n) is 3.39. The molecule has 0 aromatic heterocycles. The Balaban J connectivity index is 2.01. The van der Waals surface area contributed by atoms with Gasteiger partial charge in [0.25, 0.3) is 0 Å². The van der Waals surface area contributed by atoms with Crippen molar-refractivity contribution in [2.45, 2.75) is 26.5 Å². The van der Waals surface area contributed by atoms with Gasteiger partial charge in [0.2, 0.25) is 0 Å². The van der Waals surface area contributed by atoms with Crippen molar-refractivity contribution in [2.75, 3.05) is 11.9 Å². The Morgan fingerprint density at radius 2 is 1.71 bits per heavy atom. The highest BCUT2D eigenvalue weighted by atomic mass is 35.5. The largest absolute Gasteiger partial charge is 0.489 e. The number of ether oxygens (including phenoxy) is 1. The zero-order valence-corrected chi connectivity index (χ0v) is 15.4. The molecular formula is C18H20Cl2N2O2. The lowest BCUT2D eigenvalue weighted by Crippen LogP contribution is -2.40. The van der Waals surface area contributed by atoms with Gasteiger partial charge in [0, 0.05) is 34.4 Å². The lowest BCUT2D eigenvalue weighted by Gasteiger charge is -2.20. The van der Waals surface area contributed by atoms with Gasteiger partial charge >= 0.3 is 6.03 Å². The second kappa shape index (κ2) is 8.27. The van der Waals surface area contributed by atoms with Crippen LogP contribution in [0.5, 0.6) is 5.75 Å². The number of nitrogens with zero attached hydrogens (tertiary/aromatic N) is 1. The molecule has 0 aliphatic carbocycles. The lowest BCUT2D eigenvalue weighted by molar-refractivity contribution is 0.245. The first kappa shape index (κ1) is 18.4. The van der Waals surface area contributed by atoms with Crippen molar-refractivity contribution in [3.05, 3.63) is 58.1 Å². The van der Waals surface area contributed by atoms with E-state index in [4.69, 9.17) is 27.9 Å². The number of amides is 2. The molecule has 2 rings (SSSR count). The second-order valence-electron chi connectivity index (χ2n) is 5.65. The van der Waals surface area contributed by atoms with Crippen molar-refractivity contribution in [3.63, 3.8) is 0 Å². The molecule has 0 fully saturated rings. The minimum Gasteiger partial charge on any atom is -0.489 e. The third-order valence-corrected chi connectivity index (χ3v) is 4.09. The Morgan fingerprint density at radius 1 is 1.12 bits per heavy atom. The number of nitrogens with one attached hydrogen (secondary N) is 1. The molecule has 0 saturated heterocycles. The number of rotatable bonds is 5. The van der Waals surface area contributed by atoms with E-state index in [0.717, 1.165) is 11.3 Å². The van der Waals surface area contributed by atoms with Gasteiger partial charge in [0.1, 0.15) is 12.4 Å². The van der Waals surface area contributed by atoms with Crippen LogP contribution in [0.4, 0.5) is 10.5 Å². The van der Waals surface area contributed by atoms with Crippen molar-refractivity contribution in [1.29, 1.82) is 0 Å². The molecule has 0 radical (unpaired) electrons. The maximum absolute atomic E-state index is 12.0. The van der Waals surface area contributed by atoms with Crippen molar-refractivity contribution in [1.82, 2.24) is 5.32 Å². The van der Waals surface area contributed by atoms with Crippen LogP contribution < -0.4 is 15.0 Å². The van der Waals surface area contributed by atoms with Gasteiger partial charge in [-0.2, -0.15) is 0 Å². The number of hydrogen-bond acceptors (Lipinski definition) is 2. The van der Waals surface area contributed by atoms with Crippen molar-refractivity contribution < 1.29 is 9.53 Å². The summed E-state index contributed by atoms with van der Waals surface area (Å²) in [5.74, 6) is 0.674. The molecule has 0 bridgehead atoms. The predicted octanol–water partition coefficient (Wildman–Crippen LogP) is 5.13. The average Bonchev–Trinajstić information content (AvgIpc) is 2.53. The Kier molecular flexibility index (Phi) is 6.35. The van der Waals surface area contributed by atoms with Gasteiger partial charge < -0.3 is 10.1 Å². The molecule has 0 spiro atoms. The van der Waals surface area contributed by atoms with Crippen molar-refractivity contribution >= 4 is 34.9 Å². The van der Waals surface area contributed by atoms with E-state index < -0.39 is 0 Å². The van der Waals surface area contributed by atoms with Crippen LogP contribution in [0.1, 0.15) is 19.4 Å². The molecular weight excluding hydrogens is 347 g/mol. The lowest BCUT2D eigenvalue weighted by atomic mass is 10.2. The van der Waals surface area contributed by atoms with Crippen molar-refractivity contribution in [2.24, 2.45) is 0 Å². The Hall–Kier alpha value is -1.91. The quantitative estimate of drug-likeness (QED) is 0.796.